The van der Waals surface area contributed by atoms with Crippen molar-refractivity contribution in [2.45, 2.75) is 20.0 Å². The Kier molecular flexibility index (Phi) is 4.63. The van der Waals surface area contributed by atoms with Gasteiger partial charge in [0.05, 0.1) is 36.9 Å². The van der Waals surface area contributed by atoms with Crippen LogP contribution < -0.4 is 5.32 Å². The maximum Gasteiger partial charge on any atom is 0.339 e. The number of nitrogens with zero attached hydrogens (tertiary/aromatic N) is 2. The molecule has 0 bridgehead atoms. The van der Waals surface area contributed by atoms with Gasteiger partial charge in [0.2, 0.25) is 0 Å². The highest BCUT2D eigenvalue weighted by Gasteiger charge is 2.12. The lowest BCUT2D eigenvalue weighted by Crippen LogP contribution is -2.10. The summed E-state index contributed by atoms with van der Waals surface area (Å²) >= 11 is 5.97. The molecule has 0 saturated heterocycles. The third-order valence-corrected chi connectivity index (χ3v) is 3.22. The molecule has 0 amide bonds. The fraction of sp³-hybridized carbons (Fsp3) is 0.286. The second-order valence-corrected chi connectivity index (χ2v) is 4.64. The second-order valence-electron chi connectivity index (χ2n) is 4.21. The van der Waals surface area contributed by atoms with Crippen LogP contribution in [0.1, 0.15) is 23.0 Å². The molecule has 0 aliphatic carbocycles. The number of aryl methyl sites for hydroxylation is 1. The number of hydrogen-bond donors (Lipinski definition) is 1. The molecule has 1 N–H and O–H groups in total. The summed E-state index contributed by atoms with van der Waals surface area (Å²) in [7, 11) is 1.35. The number of hydrogen-bond acceptors (Lipinski definition) is 4. The average Bonchev–Trinajstić information content (AvgIpc) is 2.91. The topological polar surface area (TPSA) is 56.2 Å². The molecule has 1 aromatic heterocycles. The highest BCUT2D eigenvalue weighted by molar-refractivity contribution is 6.31. The van der Waals surface area contributed by atoms with Gasteiger partial charge >= 0.3 is 5.97 Å². The smallest absolute Gasteiger partial charge is 0.339 e. The quantitative estimate of drug-likeness (QED) is 0.861. The zero-order valence-corrected chi connectivity index (χ0v) is 12.1. The molecule has 20 heavy (non-hydrogen) atoms. The zero-order valence-electron chi connectivity index (χ0n) is 11.4. The fourth-order valence-corrected chi connectivity index (χ4v) is 2.09. The van der Waals surface area contributed by atoms with Gasteiger partial charge in [-0.2, -0.15) is 0 Å². The van der Waals surface area contributed by atoms with E-state index in [2.05, 4.69) is 10.3 Å². The SMILES string of the molecule is CCn1cncc1CNc1cc(Cl)ccc1C(=O)OC. The molecule has 1 heterocycles. The third-order valence-electron chi connectivity index (χ3n) is 2.99. The molecule has 0 radical (unpaired) electrons. The van der Waals surface area contributed by atoms with Gasteiger partial charge in [0.1, 0.15) is 0 Å². The van der Waals surface area contributed by atoms with Crippen molar-refractivity contribution in [3.05, 3.63) is 47.0 Å². The predicted molar refractivity (Wildman–Crippen MR) is 78.0 cm³/mol. The first-order chi connectivity index (χ1) is 9.65. The van der Waals surface area contributed by atoms with Crippen LogP contribution in [0.2, 0.25) is 5.02 Å². The molecular weight excluding hydrogens is 278 g/mol. The Balaban J connectivity index is 2.20. The van der Waals surface area contributed by atoms with Crippen molar-refractivity contribution in [1.82, 2.24) is 9.55 Å². The molecule has 106 valence electrons. The molecule has 6 heteroatoms. The minimum Gasteiger partial charge on any atom is -0.465 e. The van der Waals surface area contributed by atoms with Gasteiger partial charge in [-0.3, -0.25) is 0 Å². The number of halogens is 1. The molecule has 0 atom stereocenters. The van der Waals surface area contributed by atoms with Crippen molar-refractivity contribution < 1.29 is 9.53 Å². The standard InChI is InChI=1S/C14H16ClN3O2/c1-3-18-9-16-7-11(18)8-17-13-6-10(15)4-5-12(13)14(19)20-2/h4-7,9,17H,3,8H2,1-2H3. The summed E-state index contributed by atoms with van der Waals surface area (Å²) in [6.07, 6.45) is 3.56. The van der Waals surface area contributed by atoms with Crippen LogP contribution in [-0.2, 0) is 17.8 Å². The predicted octanol–water partition coefficient (Wildman–Crippen LogP) is 2.96. The molecule has 2 rings (SSSR count). The van der Waals surface area contributed by atoms with Crippen LogP contribution in [0.25, 0.3) is 0 Å². The molecule has 0 aliphatic heterocycles. The number of methoxy groups -OCH3 is 1. The molecule has 0 spiro atoms. The van der Waals surface area contributed by atoms with Gasteiger partial charge in [0, 0.05) is 17.8 Å². The molecule has 0 unspecified atom stereocenters. The monoisotopic (exact) mass is 293 g/mol. The summed E-state index contributed by atoms with van der Waals surface area (Å²) in [5.74, 6) is -0.395. The van der Waals surface area contributed by atoms with E-state index in [0.717, 1.165) is 12.2 Å². The summed E-state index contributed by atoms with van der Waals surface area (Å²) in [5.41, 5.74) is 2.14. The number of carbonyl (C=O) groups excluding carboxylic acids is 1. The molecule has 0 saturated carbocycles. The molecule has 0 fully saturated rings. The molecule has 0 aliphatic rings. The second kappa shape index (κ2) is 6.43. The van der Waals surface area contributed by atoms with E-state index in [4.69, 9.17) is 16.3 Å². The molecular formula is C14H16ClN3O2. The summed E-state index contributed by atoms with van der Waals surface area (Å²) in [4.78, 5) is 15.8. The highest BCUT2D eigenvalue weighted by atomic mass is 35.5. The van der Waals surface area contributed by atoms with Crippen LogP contribution in [0.15, 0.2) is 30.7 Å². The van der Waals surface area contributed by atoms with Crippen LogP contribution in [0.5, 0.6) is 0 Å². The Hall–Kier alpha value is -2.01. The molecule has 2 aromatic rings. The van der Waals surface area contributed by atoms with Crippen molar-refractivity contribution in [1.29, 1.82) is 0 Å². The lowest BCUT2D eigenvalue weighted by Gasteiger charge is -2.12. The van der Waals surface area contributed by atoms with E-state index in [1.807, 2.05) is 11.5 Å². The Morgan fingerprint density at radius 3 is 3.00 bits per heavy atom. The van der Waals surface area contributed by atoms with Crippen molar-refractivity contribution in [3.63, 3.8) is 0 Å². The number of aromatic nitrogens is 2. The zero-order chi connectivity index (χ0) is 14.5. The summed E-state index contributed by atoms with van der Waals surface area (Å²) < 4.78 is 6.78. The minimum absolute atomic E-state index is 0.395. The van der Waals surface area contributed by atoms with E-state index in [-0.39, 0.29) is 0 Å². The van der Waals surface area contributed by atoms with E-state index < -0.39 is 5.97 Å². The Bertz CT molecular complexity index is 610. The van der Waals surface area contributed by atoms with Crippen LogP contribution in [0, 0.1) is 0 Å². The maximum atomic E-state index is 11.7. The van der Waals surface area contributed by atoms with Crippen molar-refractivity contribution in [2.24, 2.45) is 0 Å². The van der Waals surface area contributed by atoms with Crippen molar-refractivity contribution >= 4 is 23.3 Å². The number of carbonyl (C=O) groups is 1. The van der Waals surface area contributed by atoms with Gasteiger partial charge in [-0.25, -0.2) is 9.78 Å². The highest BCUT2D eigenvalue weighted by Crippen LogP contribution is 2.22. The number of nitrogens with one attached hydrogen (secondary N) is 1. The van der Waals surface area contributed by atoms with Crippen molar-refractivity contribution in [2.75, 3.05) is 12.4 Å². The fourth-order valence-electron chi connectivity index (χ4n) is 1.92. The molecule has 1 aromatic carbocycles. The normalized spacial score (nSPS) is 10.3. The molecule has 5 nitrogen and oxygen atoms in total. The first-order valence-corrected chi connectivity index (χ1v) is 6.64. The summed E-state index contributed by atoms with van der Waals surface area (Å²) in [6.45, 7) is 3.44. The van der Waals surface area contributed by atoms with Gasteiger partial charge in [0.25, 0.3) is 0 Å². The maximum absolute atomic E-state index is 11.7. The largest absolute Gasteiger partial charge is 0.465 e. The van der Waals surface area contributed by atoms with Crippen LogP contribution in [0.3, 0.4) is 0 Å². The van der Waals surface area contributed by atoms with Gasteiger partial charge < -0.3 is 14.6 Å². The van der Waals surface area contributed by atoms with Crippen LogP contribution in [0.4, 0.5) is 5.69 Å². The number of ether oxygens (including phenoxy) is 1. The Morgan fingerprint density at radius 2 is 2.30 bits per heavy atom. The average molecular weight is 294 g/mol. The van der Waals surface area contributed by atoms with E-state index >= 15 is 0 Å². The lowest BCUT2D eigenvalue weighted by atomic mass is 10.1. The third kappa shape index (κ3) is 3.11. The van der Waals surface area contributed by atoms with Gasteiger partial charge in [0.15, 0.2) is 0 Å². The van der Waals surface area contributed by atoms with E-state index in [0.29, 0.717) is 22.8 Å². The number of anilines is 1. The first kappa shape index (κ1) is 14.4. The lowest BCUT2D eigenvalue weighted by molar-refractivity contribution is 0.0602. The first-order valence-electron chi connectivity index (χ1n) is 6.26. The van der Waals surface area contributed by atoms with Crippen molar-refractivity contribution in [3.8, 4) is 0 Å². The van der Waals surface area contributed by atoms with Gasteiger partial charge in [-0.05, 0) is 25.1 Å². The van der Waals surface area contributed by atoms with Crippen LogP contribution >= 0.6 is 11.6 Å². The Labute approximate surface area is 122 Å². The summed E-state index contributed by atoms with van der Waals surface area (Å²) in [5, 5.41) is 3.76. The van der Waals surface area contributed by atoms with Crippen LogP contribution in [-0.4, -0.2) is 22.6 Å². The van der Waals surface area contributed by atoms with Gasteiger partial charge in [-0.1, -0.05) is 11.6 Å². The summed E-state index contributed by atoms with van der Waals surface area (Å²) in [6, 6.07) is 5.02. The van der Waals surface area contributed by atoms with E-state index in [1.54, 1.807) is 30.7 Å². The number of esters is 1. The number of benzene rings is 1. The number of rotatable bonds is 5. The van der Waals surface area contributed by atoms with E-state index in [1.165, 1.54) is 7.11 Å². The number of imidazole rings is 1. The van der Waals surface area contributed by atoms with E-state index in [9.17, 15) is 4.79 Å². The minimum atomic E-state index is -0.395. The van der Waals surface area contributed by atoms with Gasteiger partial charge in [-0.15, -0.1) is 0 Å². The Morgan fingerprint density at radius 1 is 1.50 bits per heavy atom.